The van der Waals surface area contributed by atoms with E-state index in [1.54, 1.807) is 6.92 Å². The smallest absolute Gasteiger partial charge is 0.168 e. The third-order valence-corrected chi connectivity index (χ3v) is 3.79. The van der Waals surface area contributed by atoms with Crippen LogP contribution in [0.25, 0.3) is 0 Å². The number of hydrogen-bond donors (Lipinski definition) is 2. The highest BCUT2D eigenvalue weighted by Crippen LogP contribution is 2.39. The second-order valence-electron chi connectivity index (χ2n) is 4.83. The number of aliphatic hydroxyl groups excluding tert-OH is 2. The van der Waals surface area contributed by atoms with Crippen LogP contribution in [0.2, 0.25) is 0 Å². The lowest BCUT2D eigenvalue weighted by Gasteiger charge is -2.15. The van der Waals surface area contributed by atoms with Crippen LogP contribution in [0.5, 0.6) is 0 Å². The van der Waals surface area contributed by atoms with Gasteiger partial charge in [0.2, 0.25) is 0 Å². The summed E-state index contributed by atoms with van der Waals surface area (Å²) in [6.45, 7) is 5.71. The molecule has 0 radical (unpaired) electrons. The summed E-state index contributed by atoms with van der Waals surface area (Å²) in [5, 5.41) is 19.2. The van der Waals surface area contributed by atoms with Crippen molar-refractivity contribution in [2.45, 2.75) is 33.3 Å². The minimum atomic E-state index is -0.699. The molecule has 92 valence electrons. The molecule has 1 aliphatic rings. The molecule has 0 spiro atoms. The van der Waals surface area contributed by atoms with Gasteiger partial charge in [0.25, 0.3) is 0 Å². The molecule has 17 heavy (non-hydrogen) atoms. The van der Waals surface area contributed by atoms with E-state index in [1.807, 2.05) is 19.9 Å². The monoisotopic (exact) mass is 234 g/mol. The average molecular weight is 234 g/mol. The third-order valence-electron chi connectivity index (χ3n) is 3.79. The largest absolute Gasteiger partial charge is 0.396 e. The molecule has 0 heterocycles. The minimum absolute atomic E-state index is 0.0225. The molecule has 3 nitrogen and oxygen atoms in total. The summed E-state index contributed by atoms with van der Waals surface area (Å²) in [5.74, 6) is -0.332. The maximum atomic E-state index is 12.0. The van der Waals surface area contributed by atoms with E-state index in [1.165, 1.54) is 0 Å². The summed E-state index contributed by atoms with van der Waals surface area (Å²) >= 11 is 0. The molecule has 0 saturated carbocycles. The minimum Gasteiger partial charge on any atom is -0.396 e. The highest BCUT2D eigenvalue weighted by molar-refractivity contribution is 6.03. The van der Waals surface area contributed by atoms with Crippen LogP contribution in [-0.2, 0) is 6.42 Å². The van der Waals surface area contributed by atoms with E-state index in [-0.39, 0.29) is 18.3 Å². The Morgan fingerprint density at radius 2 is 2.00 bits per heavy atom. The Labute approximate surface area is 101 Å². The fourth-order valence-corrected chi connectivity index (χ4v) is 2.76. The molecule has 3 heteroatoms. The molecule has 2 rings (SSSR count). The van der Waals surface area contributed by atoms with E-state index in [4.69, 9.17) is 5.11 Å². The fourth-order valence-electron chi connectivity index (χ4n) is 2.76. The van der Waals surface area contributed by atoms with Gasteiger partial charge in [-0.15, -0.1) is 0 Å². The zero-order chi connectivity index (χ0) is 12.7. The molecule has 1 aromatic carbocycles. The van der Waals surface area contributed by atoms with Crippen molar-refractivity contribution >= 4 is 5.78 Å². The van der Waals surface area contributed by atoms with Crippen LogP contribution in [-0.4, -0.2) is 22.6 Å². The Kier molecular flexibility index (Phi) is 3.06. The normalized spacial score (nSPS) is 23.0. The van der Waals surface area contributed by atoms with Crippen molar-refractivity contribution in [3.8, 4) is 0 Å². The predicted octanol–water partition coefficient (Wildman–Crippen LogP) is 1.70. The highest BCUT2D eigenvalue weighted by atomic mass is 16.3. The molecule has 0 unspecified atom stereocenters. The molecule has 1 aliphatic carbocycles. The van der Waals surface area contributed by atoms with E-state index >= 15 is 0 Å². The number of fused-ring (bicyclic) bond motifs is 1. The van der Waals surface area contributed by atoms with Crippen molar-refractivity contribution in [3.05, 3.63) is 33.9 Å². The molecule has 1 aromatic rings. The Morgan fingerprint density at radius 3 is 2.59 bits per heavy atom. The van der Waals surface area contributed by atoms with E-state index in [0.717, 1.165) is 22.3 Å². The van der Waals surface area contributed by atoms with Crippen LogP contribution >= 0.6 is 0 Å². The molecular weight excluding hydrogens is 216 g/mol. The maximum absolute atomic E-state index is 12.0. The number of aryl methyl sites for hydroxylation is 1. The van der Waals surface area contributed by atoms with Crippen LogP contribution in [0.1, 0.15) is 45.6 Å². The van der Waals surface area contributed by atoms with E-state index in [0.29, 0.717) is 12.0 Å². The van der Waals surface area contributed by atoms with Gasteiger partial charge in [0.05, 0.1) is 6.10 Å². The molecule has 2 N–H and O–H groups in total. The quantitative estimate of drug-likeness (QED) is 0.819. The van der Waals surface area contributed by atoms with Gasteiger partial charge in [0.15, 0.2) is 5.78 Å². The highest BCUT2D eigenvalue weighted by Gasteiger charge is 2.37. The van der Waals surface area contributed by atoms with Gasteiger partial charge in [-0.05, 0) is 48.6 Å². The first-order valence-electron chi connectivity index (χ1n) is 5.95. The molecule has 0 aliphatic heterocycles. The van der Waals surface area contributed by atoms with Gasteiger partial charge in [-0.3, -0.25) is 4.79 Å². The SMILES string of the molecule is Cc1cc2c(c(C)c1CCO)[C@@H](O)[C@@H](C)C2=O. The van der Waals surface area contributed by atoms with Crippen LogP contribution in [0, 0.1) is 19.8 Å². The Morgan fingerprint density at radius 1 is 1.35 bits per heavy atom. The number of Topliss-reactive ketones (excluding diaryl/α,β-unsaturated/α-hetero) is 1. The summed E-state index contributed by atoms with van der Waals surface area (Å²) in [6, 6.07) is 1.85. The second kappa shape index (κ2) is 4.24. The van der Waals surface area contributed by atoms with Crippen molar-refractivity contribution in [3.63, 3.8) is 0 Å². The zero-order valence-corrected chi connectivity index (χ0v) is 10.4. The third kappa shape index (κ3) is 1.70. The van der Waals surface area contributed by atoms with Crippen LogP contribution in [0.15, 0.2) is 6.07 Å². The number of ketones is 1. The Balaban J connectivity index is 2.64. The predicted molar refractivity (Wildman–Crippen MR) is 65.2 cm³/mol. The lowest BCUT2D eigenvalue weighted by atomic mass is 9.92. The number of rotatable bonds is 2. The number of carbonyl (C=O) groups excluding carboxylic acids is 1. The fraction of sp³-hybridized carbons (Fsp3) is 0.500. The number of benzene rings is 1. The van der Waals surface area contributed by atoms with Gasteiger partial charge in [0, 0.05) is 18.1 Å². The summed E-state index contributed by atoms with van der Waals surface area (Å²) in [5.41, 5.74) is 4.44. The first kappa shape index (κ1) is 12.3. The van der Waals surface area contributed by atoms with Crippen molar-refractivity contribution in [1.29, 1.82) is 0 Å². The first-order valence-corrected chi connectivity index (χ1v) is 5.95. The zero-order valence-electron chi connectivity index (χ0n) is 10.4. The molecule has 0 aromatic heterocycles. The number of hydrogen-bond acceptors (Lipinski definition) is 3. The molecule has 2 atom stereocenters. The van der Waals surface area contributed by atoms with Gasteiger partial charge in [-0.2, -0.15) is 0 Å². The van der Waals surface area contributed by atoms with Gasteiger partial charge < -0.3 is 10.2 Å². The molecule has 0 fully saturated rings. The summed E-state index contributed by atoms with van der Waals surface area (Å²) in [7, 11) is 0. The van der Waals surface area contributed by atoms with Crippen molar-refractivity contribution in [2.75, 3.05) is 6.61 Å². The van der Waals surface area contributed by atoms with Crippen molar-refractivity contribution in [1.82, 2.24) is 0 Å². The number of aliphatic hydroxyl groups is 2. The van der Waals surface area contributed by atoms with Crippen LogP contribution < -0.4 is 0 Å². The van der Waals surface area contributed by atoms with Gasteiger partial charge in [-0.1, -0.05) is 6.92 Å². The summed E-state index contributed by atoms with van der Waals surface area (Å²) in [6.07, 6.45) is -0.129. The number of carbonyl (C=O) groups is 1. The molecular formula is C14H18O3. The Bertz CT molecular complexity index is 477. The van der Waals surface area contributed by atoms with E-state index < -0.39 is 6.10 Å². The lowest BCUT2D eigenvalue weighted by Crippen LogP contribution is -2.08. The molecule has 0 amide bonds. The second-order valence-corrected chi connectivity index (χ2v) is 4.83. The van der Waals surface area contributed by atoms with Crippen molar-refractivity contribution in [2.24, 2.45) is 5.92 Å². The standard InChI is InChI=1S/C14H18O3/c1-7-6-11-12(8(2)10(7)4-5-15)14(17)9(3)13(11)16/h6,9,14-15,17H,4-5H2,1-3H3/t9-,14-/m0/s1. The van der Waals surface area contributed by atoms with Crippen molar-refractivity contribution < 1.29 is 15.0 Å². The average Bonchev–Trinajstić information content (AvgIpc) is 2.50. The van der Waals surface area contributed by atoms with Gasteiger partial charge in [0.1, 0.15) is 0 Å². The van der Waals surface area contributed by atoms with Crippen LogP contribution in [0.4, 0.5) is 0 Å². The lowest BCUT2D eigenvalue weighted by molar-refractivity contribution is 0.0789. The molecule has 0 bridgehead atoms. The maximum Gasteiger partial charge on any atom is 0.168 e. The Hall–Kier alpha value is -1.19. The summed E-state index contributed by atoms with van der Waals surface area (Å²) < 4.78 is 0. The van der Waals surface area contributed by atoms with Gasteiger partial charge >= 0.3 is 0 Å². The van der Waals surface area contributed by atoms with Gasteiger partial charge in [-0.25, -0.2) is 0 Å². The molecule has 0 saturated heterocycles. The van der Waals surface area contributed by atoms with E-state index in [9.17, 15) is 9.90 Å². The summed E-state index contributed by atoms with van der Waals surface area (Å²) in [4.78, 5) is 12.0. The topological polar surface area (TPSA) is 57.5 Å². The first-order chi connectivity index (χ1) is 7.99. The van der Waals surface area contributed by atoms with E-state index in [2.05, 4.69) is 0 Å². The van der Waals surface area contributed by atoms with Crippen LogP contribution in [0.3, 0.4) is 0 Å².